The Bertz CT molecular complexity index is 291. The van der Waals surface area contributed by atoms with E-state index in [1.54, 1.807) is 20.8 Å². The fraction of sp³-hybridized carbons (Fsp3) is 0.818. The Hall–Kier alpha value is -1.10. The van der Waals surface area contributed by atoms with Crippen molar-refractivity contribution < 1.29 is 24.2 Å². The largest absolute Gasteiger partial charge is 0.461 e. The Labute approximate surface area is 94.7 Å². The van der Waals surface area contributed by atoms with Gasteiger partial charge in [0, 0.05) is 12.8 Å². The number of rotatable bonds is 3. The number of hydrogen-bond donors (Lipinski definition) is 1. The summed E-state index contributed by atoms with van der Waals surface area (Å²) in [5.41, 5.74) is -1.63. The van der Waals surface area contributed by atoms with Gasteiger partial charge in [-0.25, -0.2) is 0 Å². The average Bonchev–Trinajstić information content (AvgIpc) is 2.56. The Morgan fingerprint density at radius 2 is 2.19 bits per heavy atom. The van der Waals surface area contributed by atoms with Crippen molar-refractivity contribution in [2.75, 3.05) is 13.2 Å². The van der Waals surface area contributed by atoms with E-state index in [0.717, 1.165) is 0 Å². The molecule has 0 aromatic rings. The fourth-order valence-corrected chi connectivity index (χ4v) is 1.35. The summed E-state index contributed by atoms with van der Waals surface area (Å²) in [6.07, 6.45) is 0.646. The van der Waals surface area contributed by atoms with E-state index in [1.807, 2.05) is 0 Å². The highest BCUT2D eigenvalue weighted by Crippen LogP contribution is 2.27. The lowest BCUT2D eigenvalue weighted by atomic mass is 9.97. The van der Waals surface area contributed by atoms with Crippen LogP contribution < -0.4 is 0 Å². The molecule has 0 saturated carbocycles. The third kappa shape index (κ3) is 2.95. The molecule has 0 aromatic carbocycles. The molecule has 0 amide bonds. The third-order valence-electron chi connectivity index (χ3n) is 2.48. The fourth-order valence-electron chi connectivity index (χ4n) is 1.35. The smallest absolute Gasteiger partial charge is 0.311 e. The predicted octanol–water partition coefficient (Wildman–Crippen LogP) is 0.644. The maximum atomic E-state index is 11.5. The molecule has 16 heavy (non-hydrogen) atoms. The van der Waals surface area contributed by atoms with E-state index < -0.39 is 11.0 Å². The van der Waals surface area contributed by atoms with Crippen LogP contribution in [0.1, 0.15) is 33.6 Å². The number of aliphatic hydroxyl groups excluding tert-OH is 1. The zero-order chi connectivity index (χ0) is 12.4. The third-order valence-corrected chi connectivity index (χ3v) is 2.48. The van der Waals surface area contributed by atoms with Crippen molar-refractivity contribution in [1.82, 2.24) is 0 Å². The first-order chi connectivity index (χ1) is 7.29. The Morgan fingerprint density at radius 1 is 1.56 bits per heavy atom. The van der Waals surface area contributed by atoms with Crippen LogP contribution in [-0.2, 0) is 19.1 Å². The molecule has 1 N–H and O–H groups in total. The quantitative estimate of drug-likeness (QED) is 0.720. The first kappa shape index (κ1) is 13.0. The summed E-state index contributed by atoms with van der Waals surface area (Å²) < 4.78 is 10.1. The highest BCUT2D eigenvalue weighted by atomic mass is 16.6. The molecule has 0 radical (unpaired) electrons. The van der Waals surface area contributed by atoms with Crippen LogP contribution in [0.4, 0.5) is 0 Å². The number of carbonyl (C=O) groups is 2. The van der Waals surface area contributed by atoms with Gasteiger partial charge in [-0.2, -0.15) is 0 Å². The first-order valence-corrected chi connectivity index (χ1v) is 5.29. The van der Waals surface area contributed by atoms with Gasteiger partial charge in [0.25, 0.3) is 0 Å². The van der Waals surface area contributed by atoms with Crippen LogP contribution in [0, 0.1) is 5.41 Å². The molecule has 0 aliphatic carbocycles. The summed E-state index contributed by atoms with van der Waals surface area (Å²) in [7, 11) is 0. The lowest BCUT2D eigenvalue weighted by Crippen LogP contribution is -2.40. The molecule has 0 aromatic heterocycles. The molecule has 1 aliphatic rings. The van der Waals surface area contributed by atoms with Gasteiger partial charge in [0.15, 0.2) is 5.60 Å². The number of ether oxygens (including phenoxy) is 2. The number of hydrogen-bond acceptors (Lipinski definition) is 5. The van der Waals surface area contributed by atoms with Crippen molar-refractivity contribution in [3.63, 3.8) is 0 Å². The summed E-state index contributed by atoms with van der Waals surface area (Å²) in [6, 6.07) is 0. The first-order valence-electron chi connectivity index (χ1n) is 5.29. The number of carbonyl (C=O) groups excluding carboxylic acids is 2. The van der Waals surface area contributed by atoms with Gasteiger partial charge in [0.1, 0.15) is 6.61 Å². The summed E-state index contributed by atoms with van der Waals surface area (Å²) in [5, 5.41) is 9.18. The Morgan fingerprint density at radius 3 is 2.56 bits per heavy atom. The Balaban J connectivity index is 2.53. The van der Waals surface area contributed by atoms with Gasteiger partial charge in [-0.15, -0.1) is 0 Å². The normalized spacial score (nSPS) is 25.4. The minimum Gasteiger partial charge on any atom is -0.461 e. The highest BCUT2D eigenvalue weighted by Gasteiger charge is 2.42. The van der Waals surface area contributed by atoms with Gasteiger partial charge in [-0.3, -0.25) is 9.59 Å². The van der Waals surface area contributed by atoms with E-state index in [-0.39, 0.29) is 31.6 Å². The summed E-state index contributed by atoms with van der Waals surface area (Å²) >= 11 is 0. The van der Waals surface area contributed by atoms with Gasteiger partial charge >= 0.3 is 11.9 Å². The standard InChI is InChI=1S/C11H18O5/c1-10(2,3)9(14)15-7-11(6-12)5-4-8(13)16-11/h12H,4-7H2,1-3H3. The molecule has 1 fully saturated rings. The van der Waals surface area contributed by atoms with Crippen LogP contribution in [0.2, 0.25) is 0 Å². The zero-order valence-corrected chi connectivity index (χ0v) is 9.91. The molecule has 5 nitrogen and oxygen atoms in total. The molecule has 92 valence electrons. The number of esters is 2. The summed E-state index contributed by atoms with van der Waals surface area (Å²) in [5.74, 6) is -0.732. The van der Waals surface area contributed by atoms with Gasteiger partial charge in [0.2, 0.25) is 0 Å². The molecule has 1 atom stereocenters. The van der Waals surface area contributed by atoms with Crippen LogP contribution >= 0.6 is 0 Å². The van der Waals surface area contributed by atoms with Gasteiger partial charge in [-0.1, -0.05) is 0 Å². The van der Waals surface area contributed by atoms with E-state index in [0.29, 0.717) is 6.42 Å². The highest BCUT2D eigenvalue weighted by molar-refractivity contribution is 5.75. The molecule has 1 aliphatic heterocycles. The monoisotopic (exact) mass is 230 g/mol. The van der Waals surface area contributed by atoms with Crippen molar-refractivity contribution in [2.24, 2.45) is 5.41 Å². The van der Waals surface area contributed by atoms with Crippen LogP contribution in [0.25, 0.3) is 0 Å². The van der Waals surface area contributed by atoms with Gasteiger partial charge in [0.05, 0.1) is 12.0 Å². The lowest BCUT2D eigenvalue weighted by Gasteiger charge is -2.26. The second kappa shape index (κ2) is 4.41. The second-order valence-corrected chi connectivity index (χ2v) is 5.14. The predicted molar refractivity (Wildman–Crippen MR) is 55.6 cm³/mol. The van der Waals surface area contributed by atoms with Crippen LogP contribution in [-0.4, -0.2) is 35.9 Å². The van der Waals surface area contributed by atoms with E-state index in [1.165, 1.54) is 0 Å². The molecule has 0 bridgehead atoms. The molecular weight excluding hydrogens is 212 g/mol. The minimum absolute atomic E-state index is 0.0780. The maximum Gasteiger partial charge on any atom is 0.311 e. The van der Waals surface area contributed by atoms with Gasteiger partial charge in [-0.05, 0) is 20.8 Å². The summed E-state index contributed by atoms with van der Waals surface area (Å²) in [4.78, 5) is 22.5. The van der Waals surface area contributed by atoms with Crippen molar-refractivity contribution in [3.05, 3.63) is 0 Å². The molecule has 0 spiro atoms. The maximum absolute atomic E-state index is 11.5. The summed E-state index contributed by atoms with van der Waals surface area (Å²) in [6.45, 7) is 4.81. The van der Waals surface area contributed by atoms with E-state index in [4.69, 9.17) is 9.47 Å². The van der Waals surface area contributed by atoms with Crippen molar-refractivity contribution >= 4 is 11.9 Å². The van der Waals surface area contributed by atoms with Crippen LogP contribution in [0.3, 0.4) is 0 Å². The van der Waals surface area contributed by atoms with Crippen molar-refractivity contribution in [2.45, 2.75) is 39.2 Å². The SMILES string of the molecule is CC(C)(C)C(=O)OCC1(CO)CCC(=O)O1. The molecule has 1 unspecified atom stereocenters. The van der Waals surface area contributed by atoms with Crippen LogP contribution in [0.15, 0.2) is 0 Å². The topological polar surface area (TPSA) is 72.8 Å². The minimum atomic E-state index is -1.03. The average molecular weight is 230 g/mol. The van der Waals surface area contributed by atoms with E-state index in [2.05, 4.69) is 0 Å². The number of cyclic esters (lactones) is 1. The van der Waals surface area contributed by atoms with E-state index >= 15 is 0 Å². The molecule has 1 rings (SSSR count). The zero-order valence-electron chi connectivity index (χ0n) is 9.91. The lowest BCUT2D eigenvalue weighted by molar-refractivity contribution is -0.171. The van der Waals surface area contributed by atoms with Crippen molar-refractivity contribution in [3.8, 4) is 0 Å². The van der Waals surface area contributed by atoms with Gasteiger partial charge < -0.3 is 14.6 Å². The van der Waals surface area contributed by atoms with Crippen molar-refractivity contribution in [1.29, 1.82) is 0 Å². The molecule has 1 saturated heterocycles. The number of aliphatic hydroxyl groups is 1. The molecule has 5 heteroatoms. The molecule has 1 heterocycles. The second-order valence-electron chi connectivity index (χ2n) is 5.14. The van der Waals surface area contributed by atoms with Crippen LogP contribution in [0.5, 0.6) is 0 Å². The Kier molecular flexibility index (Phi) is 3.57. The van der Waals surface area contributed by atoms with E-state index in [9.17, 15) is 14.7 Å². The molecular formula is C11H18O5.